The van der Waals surface area contributed by atoms with Crippen LogP contribution >= 0.6 is 11.3 Å². The minimum absolute atomic E-state index is 0.519. The number of oxazole rings is 2. The van der Waals surface area contributed by atoms with Crippen molar-refractivity contribution in [2.45, 2.75) is 32.7 Å². The lowest BCUT2D eigenvalue weighted by Crippen LogP contribution is -2.04. The Balaban J connectivity index is 0.000000105. The van der Waals surface area contributed by atoms with Gasteiger partial charge in [-0.25, -0.2) is 89.7 Å². The van der Waals surface area contributed by atoms with Gasteiger partial charge in [0.1, 0.15) is 89.1 Å². The molecule has 0 saturated heterocycles. The smallest absolute Gasteiger partial charge is 0.182 e. The molecule has 400 valence electrons. The van der Waals surface area contributed by atoms with Gasteiger partial charge < -0.3 is 60.3 Å². The quantitative estimate of drug-likeness (QED) is 0.0687. The van der Waals surface area contributed by atoms with Gasteiger partial charge in [-0.1, -0.05) is 6.07 Å². The third kappa shape index (κ3) is 12.8. The highest BCUT2D eigenvalue weighted by atomic mass is 32.1. The van der Waals surface area contributed by atoms with Gasteiger partial charge >= 0.3 is 0 Å². The standard InChI is InChI=1S/C10H9N5S.2C9H8N6O.2C8H8N8/c1-2-7(16-3-1)4-11-9-8-10(13-5-12-8)15-6-14-9;1(6-2-16-5-15-6)10-8-7-9(12-3-11-7)14-4-13-8;1-6(16-5-10-1)2-11-8-7-9(13-3-12-7)15-4-14-8;1(5-10-4-15-16-5)9-7-6-8(12-2-11-6)14-3-13-7;1(5-2-14-16-15-5)9-7-6-8(11-3-10-6)13-4-12-7/h1-3,5-6H,4H2,(H2,11,12,13,14,15);2-5H,1H2,(H2,10,11,12,13,14);1,3-5H,2H2,(H2,11,12,13,14,15);2-4H,1H2,(H,10,15,16)(H2,9,11,12,13,14);2-4H,1H2,(H,14,15,16)(H2,9,10,11,12,13). The summed E-state index contributed by atoms with van der Waals surface area (Å²) in [5, 5.41) is 34.5. The highest BCUT2D eigenvalue weighted by Gasteiger charge is 2.10. The van der Waals surface area contributed by atoms with Gasteiger partial charge in [0, 0.05) is 4.88 Å². The van der Waals surface area contributed by atoms with Crippen LogP contribution in [-0.2, 0) is 32.7 Å². The van der Waals surface area contributed by atoms with Crippen LogP contribution in [0.25, 0.3) is 55.8 Å². The number of hydrogen-bond donors (Lipinski definition) is 12. The third-order valence-electron chi connectivity index (χ3n) is 10.7. The van der Waals surface area contributed by atoms with Gasteiger partial charge in [0.25, 0.3) is 0 Å². The molecule has 15 heterocycles. The Morgan fingerprint density at radius 2 is 0.925 bits per heavy atom. The third-order valence-corrected chi connectivity index (χ3v) is 11.6. The SMILES string of the molecule is c1csc(CNc2ncnc3nc[nH]c23)c1.c1n[nH]c(CNc2ncnc3nc[nH]c23)n1.c1nc(NCc2cn[nH]n2)c2[nH]cnc2n1.c1nc(NCc2cnco2)c2[nH]cnc2n1.c1nc(NCc2cocn2)c2[nH]cnc2n1. The first-order valence-corrected chi connectivity index (χ1v) is 24.4. The first kappa shape index (κ1) is 50.3. The predicted octanol–water partition coefficient (Wildman–Crippen LogP) is 4.10. The molecule has 0 bridgehead atoms. The molecule has 36 heteroatoms. The van der Waals surface area contributed by atoms with Gasteiger partial charge in [0.05, 0.1) is 82.4 Å². The molecule has 0 spiro atoms. The van der Waals surface area contributed by atoms with Crippen LogP contribution in [0.2, 0.25) is 0 Å². The summed E-state index contributed by atoms with van der Waals surface area (Å²) in [6.07, 6.45) is 24.5. The van der Waals surface area contributed by atoms with Crippen LogP contribution in [0.1, 0.15) is 27.8 Å². The number of hydrogen-bond acceptors (Lipinski definition) is 29. The molecular weight excluding hydrogens is 1050 g/mol. The van der Waals surface area contributed by atoms with E-state index in [-0.39, 0.29) is 0 Å². The van der Waals surface area contributed by atoms with Crippen LogP contribution in [0.3, 0.4) is 0 Å². The van der Waals surface area contributed by atoms with Crippen LogP contribution in [0.15, 0.2) is 127 Å². The van der Waals surface area contributed by atoms with Crippen molar-refractivity contribution in [3.8, 4) is 0 Å². The van der Waals surface area contributed by atoms with E-state index in [1.807, 2.05) is 6.07 Å². The number of aromatic amines is 7. The second kappa shape index (κ2) is 25.1. The van der Waals surface area contributed by atoms with Crippen molar-refractivity contribution in [3.63, 3.8) is 0 Å². The molecule has 80 heavy (non-hydrogen) atoms. The van der Waals surface area contributed by atoms with Crippen LogP contribution in [-0.4, -0.2) is 140 Å². The molecule has 35 nitrogen and oxygen atoms in total. The zero-order valence-corrected chi connectivity index (χ0v) is 41.9. The summed E-state index contributed by atoms with van der Waals surface area (Å²) in [6.45, 7) is 2.89. The van der Waals surface area contributed by atoms with E-state index in [9.17, 15) is 0 Å². The normalized spacial score (nSPS) is 10.8. The zero-order chi connectivity index (χ0) is 54.0. The number of fused-ring (bicyclic) bond motifs is 5. The molecule has 15 rings (SSSR count). The summed E-state index contributed by atoms with van der Waals surface area (Å²) in [6, 6.07) is 4.12. The molecule has 15 aromatic heterocycles. The lowest BCUT2D eigenvalue weighted by Gasteiger charge is -2.03. The van der Waals surface area contributed by atoms with Crippen molar-refractivity contribution >= 4 is 96.2 Å². The van der Waals surface area contributed by atoms with Crippen LogP contribution in [0.5, 0.6) is 0 Å². The van der Waals surface area contributed by atoms with Gasteiger partial charge in [-0.15, -0.1) is 11.3 Å². The summed E-state index contributed by atoms with van der Waals surface area (Å²) < 4.78 is 9.98. The fraction of sp³-hybridized carbons (Fsp3) is 0.114. The molecule has 0 atom stereocenters. The van der Waals surface area contributed by atoms with Gasteiger partial charge in [-0.05, 0) is 11.4 Å². The summed E-state index contributed by atoms with van der Waals surface area (Å²) in [5.41, 5.74) is 8.82. The molecule has 0 unspecified atom stereocenters. The molecule has 15 aromatic rings. The molecule has 0 fully saturated rings. The summed E-state index contributed by atoms with van der Waals surface area (Å²) in [7, 11) is 0. The molecule has 0 aliphatic carbocycles. The number of thiophene rings is 1. The van der Waals surface area contributed by atoms with Crippen molar-refractivity contribution < 1.29 is 8.83 Å². The Labute approximate surface area is 449 Å². The Morgan fingerprint density at radius 1 is 0.438 bits per heavy atom. The Kier molecular flexibility index (Phi) is 15.8. The number of rotatable bonds is 15. The van der Waals surface area contributed by atoms with Crippen molar-refractivity contribution in [2.24, 2.45) is 0 Å². The van der Waals surface area contributed by atoms with Crippen molar-refractivity contribution in [1.82, 2.24) is 140 Å². The molecule has 12 N–H and O–H groups in total. The predicted molar refractivity (Wildman–Crippen MR) is 285 cm³/mol. The van der Waals surface area contributed by atoms with Gasteiger partial charge in [0.2, 0.25) is 0 Å². The van der Waals surface area contributed by atoms with Gasteiger partial charge in [-0.3, -0.25) is 5.10 Å². The molecule has 0 radical (unpaired) electrons. The maximum absolute atomic E-state index is 5.11. The fourth-order valence-electron chi connectivity index (χ4n) is 7.05. The van der Waals surface area contributed by atoms with E-state index in [1.165, 1.54) is 55.6 Å². The summed E-state index contributed by atoms with van der Waals surface area (Å²) in [5.74, 6) is 5.06. The average Bonchev–Trinajstić information content (AvgIpc) is 4.34. The van der Waals surface area contributed by atoms with E-state index < -0.39 is 0 Å². The number of imidazole rings is 5. The molecule has 0 saturated carbocycles. The minimum atomic E-state index is 0.519. The minimum Gasteiger partial charge on any atom is -0.451 e. The van der Waals surface area contributed by atoms with E-state index in [0.29, 0.717) is 77.7 Å². The summed E-state index contributed by atoms with van der Waals surface area (Å²) in [4.78, 5) is 89.1. The molecule has 0 aliphatic rings. The van der Waals surface area contributed by atoms with E-state index in [0.717, 1.165) is 62.9 Å². The highest BCUT2D eigenvalue weighted by Crippen LogP contribution is 2.20. The van der Waals surface area contributed by atoms with Gasteiger partial charge in [0.15, 0.2) is 70.1 Å². The topological polar surface area (TPSA) is 468 Å². The Morgan fingerprint density at radius 3 is 1.34 bits per heavy atom. The van der Waals surface area contributed by atoms with E-state index in [2.05, 4.69) is 178 Å². The van der Waals surface area contributed by atoms with Crippen LogP contribution < -0.4 is 26.6 Å². The largest absolute Gasteiger partial charge is 0.451 e. The number of H-pyrrole nitrogens is 7. The zero-order valence-electron chi connectivity index (χ0n) is 41.1. The number of nitrogens with zero attached hydrogens (tertiary/aromatic N) is 21. The van der Waals surface area contributed by atoms with Crippen molar-refractivity contribution in [2.75, 3.05) is 26.6 Å². The monoisotopic (exact) mass is 1100 g/mol. The average molecular weight is 1100 g/mol. The lowest BCUT2D eigenvalue weighted by molar-refractivity contribution is 0.511. The molecule has 0 amide bonds. The Hall–Kier alpha value is -11.9. The van der Waals surface area contributed by atoms with Crippen molar-refractivity contribution in [1.29, 1.82) is 0 Å². The molecular formula is C44H41N33O2S. The van der Waals surface area contributed by atoms with Gasteiger partial charge in [-0.2, -0.15) is 20.5 Å². The number of aromatic nitrogens is 28. The van der Waals surface area contributed by atoms with Crippen LogP contribution in [0.4, 0.5) is 29.1 Å². The fourth-order valence-corrected chi connectivity index (χ4v) is 7.69. The first-order chi connectivity index (χ1) is 39.7. The molecule has 0 aliphatic heterocycles. The van der Waals surface area contributed by atoms with E-state index in [1.54, 1.807) is 61.6 Å². The molecule has 0 aromatic carbocycles. The lowest BCUT2D eigenvalue weighted by atomic mass is 10.4. The first-order valence-electron chi connectivity index (χ1n) is 23.5. The van der Waals surface area contributed by atoms with Crippen LogP contribution in [0, 0.1) is 0 Å². The number of anilines is 5. The van der Waals surface area contributed by atoms with E-state index in [4.69, 9.17) is 8.83 Å². The maximum atomic E-state index is 5.11. The maximum Gasteiger partial charge on any atom is 0.182 e. The van der Waals surface area contributed by atoms with E-state index >= 15 is 0 Å². The summed E-state index contributed by atoms with van der Waals surface area (Å²) >= 11 is 1.72. The number of nitrogens with one attached hydrogen (secondary N) is 12. The second-order valence-corrected chi connectivity index (χ2v) is 16.8. The van der Waals surface area contributed by atoms with Crippen molar-refractivity contribution in [3.05, 3.63) is 146 Å². The Bertz CT molecular complexity index is 3560. The highest BCUT2D eigenvalue weighted by molar-refractivity contribution is 7.09. The second-order valence-electron chi connectivity index (χ2n) is 15.8.